The van der Waals surface area contributed by atoms with E-state index in [4.69, 9.17) is 16.7 Å². The molecule has 2 rings (SSSR count). The first-order valence-corrected chi connectivity index (χ1v) is 6.27. The van der Waals surface area contributed by atoms with Crippen LogP contribution in [0.3, 0.4) is 0 Å². The summed E-state index contributed by atoms with van der Waals surface area (Å²) < 4.78 is 1.65. The van der Waals surface area contributed by atoms with Gasteiger partial charge in [-0.15, -0.1) is 0 Å². The zero-order valence-corrected chi connectivity index (χ0v) is 11.7. The van der Waals surface area contributed by atoms with Gasteiger partial charge in [0.15, 0.2) is 5.82 Å². The van der Waals surface area contributed by atoms with Crippen LogP contribution in [0.2, 0.25) is 5.02 Å². The van der Waals surface area contributed by atoms with Crippen LogP contribution in [0.25, 0.3) is 5.82 Å². The van der Waals surface area contributed by atoms with Gasteiger partial charge in [-0.3, -0.25) is 0 Å². The lowest BCUT2D eigenvalue weighted by atomic mass is 10.1. The van der Waals surface area contributed by atoms with Crippen LogP contribution in [0, 0.1) is 13.8 Å². The Kier molecular flexibility index (Phi) is 3.57. The first-order valence-electron chi connectivity index (χ1n) is 5.90. The van der Waals surface area contributed by atoms with E-state index in [2.05, 4.69) is 17.0 Å². The number of aromatic nitrogens is 3. The van der Waals surface area contributed by atoms with Crippen molar-refractivity contribution in [1.82, 2.24) is 14.8 Å². The first kappa shape index (κ1) is 13.5. The summed E-state index contributed by atoms with van der Waals surface area (Å²) in [5.74, 6) is -0.618. The maximum atomic E-state index is 11.1. The van der Waals surface area contributed by atoms with E-state index in [9.17, 15) is 4.79 Å². The van der Waals surface area contributed by atoms with Crippen molar-refractivity contribution in [3.05, 3.63) is 39.8 Å². The Morgan fingerprint density at radius 3 is 2.68 bits per heavy atom. The van der Waals surface area contributed by atoms with Crippen molar-refractivity contribution in [2.75, 3.05) is 0 Å². The van der Waals surface area contributed by atoms with Crippen LogP contribution in [0.5, 0.6) is 0 Å². The minimum absolute atomic E-state index is 0.0252. The van der Waals surface area contributed by atoms with E-state index in [0.29, 0.717) is 5.82 Å². The summed E-state index contributed by atoms with van der Waals surface area (Å²) >= 11 is 5.81. The molecular formula is C13H14ClN3O2. The molecule has 5 nitrogen and oxygen atoms in total. The third-order valence-corrected chi connectivity index (χ3v) is 3.38. The zero-order valence-electron chi connectivity index (χ0n) is 10.9. The fraction of sp³-hybridized carbons (Fsp3) is 0.308. The molecule has 0 bridgehead atoms. The summed E-state index contributed by atoms with van der Waals surface area (Å²) in [6.07, 6.45) is 2.21. The Labute approximate surface area is 115 Å². The quantitative estimate of drug-likeness (QED) is 0.938. The van der Waals surface area contributed by atoms with Crippen molar-refractivity contribution >= 4 is 17.6 Å². The van der Waals surface area contributed by atoms with Gasteiger partial charge in [0.1, 0.15) is 0 Å². The molecule has 2 aromatic heterocycles. The van der Waals surface area contributed by atoms with Crippen LogP contribution in [0.15, 0.2) is 12.3 Å². The maximum Gasteiger partial charge on any atom is 0.337 e. The number of hydrogen-bond donors (Lipinski definition) is 1. The van der Waals surface area contributed by atoms with Crippen molar-refractivity contribution in [1.29, 1.82) is 0 Å². The van der Waals surface area contributed by atoms with Gasteiger partial charge in [-0.2, -0.15) is 5.10 Å². The van der Waals surface area contributed by atoms with Gasteiger partial charge < -0.3 is 5.11 Å². The second-order valence-corrected chi connectivity index (χ2v) is 4.65. The molecule has 100 valence electrons. The zero-order chi connectivity index (χ0) is 14.2. The predicted octanol–water partition coefficient (Wildman–Crippen LogP) is 2.80. The molecule has 2 aromatic rings. The van der Waals surface area contributed by atoms with E-state index in [1.54, 1.807) is 4.68 Å². The molecule has 6 heteroatoms. The third-order valence-electron chi connectivity index (χ3n) is 3.08. The van der Waals surface area contributed by atoms with Crippen LogP contribution in [-0.2, 0) is 6.42 Å². The highest BCUT2D eigenvalue weighted by Crippen LogP contribution is 2.21. The van der Waals surface area contributed by atoms with Gasteiger partial charge in [0, 0.05) is 11.9 Å². The number of rotatable bonds is 3. The maximum absolute atomic E-state index is 11.1. The number of aryl methyl sites for hydroxylation is 1. The van der Waals surface area contributed by atoms with Crippen molar-refractivity contribution in [2.45, 2.75) is 27.2 Å². The molecule has 0 unspecified atom stereocenters. The van der Waals surface area contributed by atoms with E-state index in [1.807, 2.05) is 13.8 Å². The highest BCUT2D eigenvalue weighted by molar-refractivity contribution is 6.33. The highest BCUT2D eigenvalue weighted by Gasteiger charge is 2.15. The summed E-state index contributed by atoms with van der Waals surface area (Å²) in [4.78, 5) is 15.2. The second kappa shape index (κ2) is 5.01. The van der Waals surface area contributed by atoms with Crippen molar-refractivity contribution in [3.63, 3.8) is 0 Å². The molecule has 0 fully saturated rings. The summed E-state index contributed by atoms with van der Waals surface area (Å²) in [6, 6.07) is 1.43. The van der Waals surface area contributed by atoms with Gasteiger partial charge in [0.05, 0.1) is 16.3 Å². The molecule has 19 heavy (non-hydrogen) atoms. The summed E-state index contributed by atoms with van der Waals surface area (Å²) in [7, 11) is 0. The molecule has 0 spiro atoms. The number of pyridine rings is 1. The molecule has 0 saturated heterocycles. The number of hydrogen-bond acceptors (Lipinski definition) is 3. The molecule has 2 heterocycles. The second-order valence-electron chi connectivity index (χ2n) is 4.24. The van der Waals surface area contributed by atoms with E-state index >= 15 is 0 Å². The van der Waals surface area contributed by atoms with Crippen molar-refractivity contribution in [2.24, 2.45) is 0 Å². The topological polar surface area (TPSA) is 68.0 Å². The molecule has 0 radical (unpaired) electrons. The standard InChI is InChI=1S/C13H14ClN3O2/c1-4-9-7(2)16-17(8(9)3)12-5-10(13(18)19)11(14)6-15-12/h5-6H,4H2,1-3H3,(H,18,19). The smallest absolute Gasteiger partial charge is 0.337 e. The van der Waals surface area contributed by atoms with Crippen LogP contribution in [0.1, 0.15) is 34.2 Å². The monoisotopic (exact) mass is 279 g/mol. The number of carboxylic acids is 1. The Bertz CT molecular complexity index is 650. The minimum atomic E-state index is -1.08. The van der Waals surface area contributed by atoms with Crippen LogP contribution < -0.4 is 0 Å². The number of halogens is 1. The number of nitrogens with zero attached hydrogens (tertiary/aromatic N) is 3. The summed E-state index contributed by atoms with van der Waals surface area (Å²) in [6.45, 7) is 5.92. The summed E-state index contributed by atoms with van der Waals surface area (Å²) in [5, 5.41) is 13.6. The largest absolute Gasteiger partial charge is 0.478 e. The van der Waals surface area contributed by atoms with Crippen LogP contribution >= 0.6 is 11.6 Å². The van der Waals surface area contributed by atoms with Gasteiger partial charge in [-0.25, -0.2) is 14.5 Å². The van der Waals surface area contributed by atoms with E-state index in [0.717, 1.165) is 23.4 Å². The molecule has 0 aliphatic heterocycles. The number of aromatic carboxylic acids is 1. The fourth-order valence-corrected chi connectivity index (χ4v) is 2.30. The average Bonchev–Trinajstić information content (AvgIpc) is 2.64. The Balaban J connectivity index is 2.60. The van der Waals surface area contributed by atoms with Gasteiger partial charge in [-0.1, -0.05) is 18.5 Å². The lowest BCUT2D eigenvalue weighted by Crippen LogP contribution is -2.06. The molecule has 0 atom stereocenters. The van der Waals surface area contributed by atoms with Crippen molar-refractivity contribution < 1.29 is 9.90 Å². The predicted molar refractivity (Wildman–Crippen MR) is 72.2 cm³/mol. The molecule has 1 N–H and O–H groups in total. The lowest BCUT2D eigenvalue weighted by Gasteiger charge is -2.06. The van der Waals surface area contributed by atoms with Gasteiger partial charge in [0.2, 0.25) is 0 Å². The molecule has 0 aliphatic carbocycles. The first-order chi connectivity index (χ1) is 8.95. The average molecular weight is 280 g/mol. The van der Waals surface area contributed by atoms with Crippen molar-refractivity contribution in [3.8, 4) is 5.82 Å². The number of carboxylic acid groups (broad SMARTS) is 1. The van der Waals surface area contributed by atoms with E-state index < -0.39 is 5.97 Å². The SMILES string of the molecule is CCc1c(C)nn(-c2cc(C(=O)O)c(Cl)cn2)c1C. The van der Waals surface area contributed by atoms with Crippen LogP contribution in [-0.4, -0.2) is 25.8 Å². The van der Waals surface area contributed by atoms with Gasteiger partial charge >= 0.3 is 5.97 Å². The van der Waals surface area contributed by atoms with E-state index in [-0.39, 0.29) is 10.6 Å². The Morgan fingerprint density at radius 2 is 2.16 bits per heavy atom. The highest BCUT2D eigenvalue weighted by atomic mass is 35.5. The molecule has 0 aliphatic rings. The minimum Gasteiger partial charge on any atom is -0.478 e. The fourth-order valence-electron chi connectivity index (χ4n) is 2.12. The van der Waals surface area contributed by atoms with E-state index in [1.165, 1.54) is 12.3 Å². The van der Waals surface area contributed by atoms with Crippen LogP contribution in [0.4, 0.5) is 0 Å². The number of carbonyl (C=O) groups is 1. The summed E-state index contributed by atoms with van der Waals surface area (Å²) in [5.41, 5.74) is 3.06. The molecule has 0 amide bonds. The third kappa shape index (κ3) is 2.33. The van der Waals surface area contributed by atoms with Gasteiger partial charge in [-0.05, 0) is 31.9 Å². The Hall–Kier alpha value is -1.88. The normalized spacial score (nSPS) is 10.7. The lowest BCUT2D eigenvalue weighted by molar-refractivity contribution is 0.0697. The molecule has 0 saturated carbocycles. The van der Waals surface area contributed by atoms with Gasteiger partial charge in [0.25, 0.3) is 0 Å². The Morgan fingerprint density at radius 1 is 1.47 bits per heavy atom. The molecular weight excluding hydrogens is 266 g/mol. The molecule has 0 aromatic carbocycles.